The predicted molar refractivity (Wildman–Crippen MR) is 73.1 cm³/mol. The number of carbonyl (C=O) groups is 1. The second kappa shape index (κ2) is 5.58. The van der Waals surface area contributed by atoms with Crippen molar-refractivity contribution in [2.24, 2.45) is 0 Å². The molecule has 2 heterocycles. The number of sulfonamides is 1. The average molecular weight is 304 g/mol. The standard InChI is InChI=1S/C11H17N3O3S2/c1-12-11(15)10-7-9(8-18-10)19(16,17)14-5-3-13(2)4-6-14/h7-8H,3-6H2,1-2H3,(H,12,15)/p+1. The predicted octanol–water partition coefficient (Wildman–Crippen LogP) is -1.37. The first-order chi connectivity index (χ1) is 8.95. The van der Waals surface area contributed by atoms with Crippen molar-refractivity contribution in [3.63, 3.8) is 0 Å². The Kier molecular flexibility index (Phi) is 4.24. The summed E-state index contributed by atoms with van der Waals surface area (Å²) in [5.74, 6) is -0.255. The second-order valence-electron chi connectivity index (χ2n) is 4.59. The number of nitrogens with one attached hydrogen (secondary N) is 2. The van der Waals surface area contributed by atoms with Crippen LogP contribution >= 0.6 is 11.3 Å². The lowest BCUT2D eigenvalue weighted by Gasteiger charge is -2.28. The van der Waals surface area contributed by atoms with Gasteiger partial charge in [0.2, 0.25) is 10.0 Å². The quantitative estimate of drug-likeness (QED) is 0.724. The average Bonchev–Trinajstić information content (AvgIpc) is 2.88. The summed E-state index contributed by atoms with van der Waals surface area (Å²) in [7, 11) is 0.125. The van der Waals surface area contributed by atoms with Gasteiger partial charge in [0.1, 0.15) is 0 Å². The van der Waals surface area contributed by atoms with E-state index in [2.05, 4.69) is 12.4 Å². The van der Waals surface area contributed by atoms with Gasteiger partial charge in [-0.05, 0) is 6.07 Å². The SMILES string of the molecule is CNC(=O)c1cc(S(=O)(=O)N2CC[NH+](C)CC2)cs1. The molecule has 19 heavy (non-hydrogen) atoms. The number of thiophene rings is 1. The Bertz CT molecular complexity index is 559. The van der Waals surface area contributed by atoms with E-state index in [1.165, 1.54) is 27.7 Å². The third-order valence-electron chi connectivity index (χ3n) is 3.24. The van der Waals surface area contributed by atoms with E-state index in [9.17, 15) is 13.2 Å². The fourth-order valence-corrected chi connectivity index (χ4v) is 4.60. The van der Waals surface area contributed by atoms with Crippen LogP contribution in [-0.4, -0.2) is 58.9 Å². The number of quaternary nitrogens is 1. The molecule has 106 valence electrons. The summed E-state index contributed by atoms with van der Waals surface area (Å²) in [5.41, 5.74) is 0. The van der Waals surface area contributed by atoms with Gasteiger partial charge in [0, 0.05) is 12.4 Å². The smallest absolute Gasteiger partial charge is 0.261 e. The normalized spacial score (nSPS) is 18.4. The molecule has 6 nitrogen and oxygen atoms in total. The number of amides is 1. The van der Waals surface area contributed by atoms with Gasteiger partial charge in [-0.2, -0.15) is 4.31 Å². The van der Waals surface area contributed by atoms with Crippen LogP contribution in [0, 0.1) is 0 Å². The van der Waals surface area contributed by atoms with Crippen molar-refractivity contribution in [3.05, 3.63) is 16.3 Å². The van der Waals surface area contributed by atoms with Gasteiger partial charge in [0.15, 0.2) is 0 Å². The van der Waals surface area contributed by atoms with Crippen LogP contribution in [0.2, 0.25) is 0 Å². The van der Waals surface area contributed by atoms with E-state index in [0.29, 0.717) is 18.0 Å². The Hall–Kier alpha value is -0.960. The molecule has 2 rings (SSSR count). The molecule has 2 N–H and O–H groups in total. The highest BCUT2D eigenvalue weighted by Crippen LogP contribution is 2.22. The van der Waals surface area contributed by atoms with Crippen LogP contribution in [-0.2, 0) is 10.0 Å². The second-order valence-corrected chi connectivity index (χ2v) is 7.44. The van der Waals surface area contributed by atoms with Crippen LogP contribution in [0.1, 0.15) is 9.67 Å². The lowest BCUT2D eigenvalue weighted by molar-refractivity contribution is -0.883. The summed E-state index contributed by atoms with van der Waals surface area (Å²) in [4.78, 5) is 13.4. The molecule has 1 amide bonds. The number of nitrogens with zero attached hydrogens (tertiary/aromatic N) is 1. The molecule has 1 aliphatic rings. The lowest BCUT2D eigenvalue weighted by atomic mass is 10.4. The minimum atomic E-state index is -3.46. The first-order valence-electron chi connectivity index (χ1n) is 6.07. The Balaban J connectivity index is 2.20. The lowest BCUT2D eigenvalue weighted by Crippen LogP contribution is -3.12. The molecule has 0 spiro atoms. The van der Waals surface area contributed by atoms with Crippen molar-refractivity contribution in [3.8, 4) is 0 Å². The van der Waals surface area contributed by atoms with Crippen molar-refractivity contribution < 1.29 is 18.1 Å². The number of hydrogen-bond donors (Lipinski definition) is 2. The molecule has 0 saturated carbocycles. The highest BCUT2D eigenvalue weighted by atomic mass is 32.2. The largest absolute Gasteiger partial charge is 0.354 e. The number of piperazine rings is 1. The minimum Gasteiger partial charge on any atom is -0.354 e. The van der Waals surface area contributed by atoms with Crippen LogP contribution < -0.4 is 10.2 Å². The van der Waals surface area contributed by atoms with Crippen molar-refractivity contribution in [2.75, 3.05) is 40.3 Å². The van der Waals surface area contributed by atoms with Gasteiger partial charge in [-0.15, -0.1) is 11.3 Å². The highest BCUT2D eigenvalue weighted by Gasteiger charge is 2.30. The number of likely N-dealkylation sites (N-methyl/N-ethyl adjacent to an activating group) is 1. The van der Waals surface area contributed by atoms with E-state index in [1.54, 1.807) is 0 Å². The van der Waals surface area contributed by atoms with Crippen molar-refractivity contribution in [1.82, 2.24) is 9.62 Å². The van der Waals surface area contributed by atoms with E-state index in [4.69, 9.17) is 0 Å². The van der Waals surface area contributed by atoms with Crippen LogP contribution in [0.4, 0.5) is 0 Å². The first kappa shape index (κ1) is 14.4. The zero-order valence-corrected chi connectivity index (χ0v) is 12.6. The summed E-state index contributed by atoms with van der Waals surface area (Å²) in [6.07, 6.45) is 0. The summed E-state index contributed by atoms with van der Waals surface area (Å²) < 4.78 is 26.3. The van der Waals surface area contributed by atoms with Gasteiger partial charge in [-0.3, -0.25) is 4.79 Å². The van der Waals surface area contributed by atoms with Crippen molar-refractivity contribution in [2.45, 2.75) is 4.90 Å². The highest BCUT2D eigenvalue weighted by molar-refractivity contribution is 7.89. The minimum absolute atomic E-state index is 0.218. The maximum Gasteiger partial charge on any atom is 0.261 e. The number of rotatable bonds is 3. The third-order valence-corrected chi connectivity index (χ3v) is 6.19. The molecule has 0 radical (unpaired) electrons. The maximum atomic E-state index is 12.4. The molecule has 0 bridgehead atoms. The number of hydrogen-bond acceptors (Lipinski definition) is 4. The van der Waals surface area contributed by atoms with Crippen molar-refractivity contribution in [1.29, 1.82) is 0 Å². The van der Waals surface area contributed by atoms with E-state index in [1.807, 2.05) is 0 Å². The topological polar surface area (TPSA) is 70.9 Å². The molecule has 1 aromatic rings. The van der Waals surface area contributed by atoms with Gasteiger partial charge < -0.3 is 10.2 Å². The maximum absolute atomic E-state index is 12.4. The Morgan fingerprint density at radius 3 is 2.63 bits per heavy atom. The molecule has 1 saturated heterocycles. The van der Waals surface area contributed by atoms with Gasteiger partial charge in [-0.25, -0.2) is 8.42 Å². The molecule has 8 heteroatoms. The molecule has 1 aliphatic heterocycles. The van der Waals surface area contributed by atoms with Gasteiger partial charge >= 0.3 is 0 Å². The molecule has 1 fully saturated rings. The molecule has 0 atom stereocenters. The molecule has 0 aliphatic carbocycles. The summed E-state index contributed by atoms with van der Waals surface area (Å²) in [6, 6.07) is 1.45. The van der Waals surface area contributed by atoms with Gasteiger partial charge in [0.25, 0.3) is 5.91 Å². The monoisotopic (exact) mass is 304 g/mol. The Morgan fingerprint density at radius 2 is 2.05 bits per heavy atom. The van der Waals surface area contributed by atoms with Crippen LogP contribution in [0.25, 0.3) is 0 Å². The van der Waals surface area contributed by atoms with E-state index < -0.39 is 10.0 Å². The molecule has 0 aromatic carbocycles. The zero-order chi connectivity index (χ0) is 14.0. The summed E-state index contributed by atoms with van der Waals surface area (Å²) in [5, 5.41) is 4.02. The fraction of sp³-hybridized carbons (Fsp3) is 0.545. The molecular formula is C11H18N3O3S2+. The van der Waals surface area contributed by atoms with E-state index in [-0.39, 0.29) is 10.8 Å². The number of carbonyl (C=O) groups excluding carboxylic acids is 1. The molecule has 1 aromatic heterocycles. The van der Waals surface area contributed by atoms with Gasteiger partial charge in [0.05, 0.1) is 43.0 Å². The van der Waals surface area contributed by atoms with Crippen LogP contribution in [0.3, 0.4) is 0 Å². The first-order valence-corrected chi connectivity index (χ1v) is 8.39. The fourth-order valence-electron chi connectivity index (χ4n) is 1.95. The van der Waals surface area contributed by atoms with Gasteiger partial charge in [-0.1, -0.05) is 0 Å². The Morgan fingerprint density at radius 1 is 1.42 bits per heavy atom. The molecular weight excluding hydrogens is 286 g/mol. The zero-order valence-electron chi connectivity index (χ0n) is 11.0. The third kappa shape index (κ3) is 2.97. The van der Waals surface area contributed by atoms with E-state index in [0.717, 1.165) is 24.4 Å². The Labute approximate surface area is 117 Å². The summed E-state index contributed by atoms with van der Waals surface area (Å²) in [6.45, 7) is 2.68. The van der Waals surface area contributed by atoms with Crippen LogP contribution in [0.5, 0.6) is 0 Å². The summed E-state index contributed by atoms with van der Waals surface area (Å²) >= 11 is 1.15. The molecule has 0 unspecified atom stereocenters. The van der Waals surface area contributed by atoms with Crippen LogP contribution in [0.15, 0.2) is 16.3 Å². The van der Waals surface area contributed by atoms with E-state index >= 15 is 0 Å². The van der Waals surface area contributed by atoms with Crippen molar-refractivity contribution >= 4 is 27.3 Å².